The minimum Gasteiger partial charge on any atom is -0.472 e. The summed E-state index contributed by atoms with van der Waals surface area (Å²) in [6.07, 6.45) is 5.82. The van der Waals surface area contributed by atoms with Crippen molar-refractivity contribution in [1.29, 1.82) is 0 Å². The summed E-state index contributed by atoms with van der Waals surface area (Å²) in [7, 11) is 0. The molecule has 9 rings (SSSR count). The number of aromatic nitrogens is 3. The number of nitrogens with zero attached hydrogens (tertiary/aromatic N) is 5. The zero-order chi connectivity index (χ0) is 30.4. The topological polar surface area (TPSA) is 75.6 Å². The molecule has 232 valence electrons. The first-order valence-electron chi connectivity index (χ1n) is 16.2. The zero-order valence-corrected chi connectivity index (χ0v) is 26.1. The molecule has 8 nitrogen and oxygen atoms in total. The number of anilines is 1. The predicted octanol–water partition coefficient (Wildman–Crippen LogP) is 6.29. The molecule has 0 radical (unpaired) electrons. The van der Waals surface area contributed by atoms with Crippen molar-refractivity contribution in [3.05, 3.63) is 59.4 Å². The van der Waals surface area contributed by atoms with Gasteiger partial charge < -0.3 is 19.7 Å². The van der Waals surface area contributed by atoms with Gasteiger partial charge in [-0.3, -0.25) is 4.90 Å². The highest BCUT2D eigenvalue weighted by Crippen LogP contribution is 2.46. The molecule has 45 heavy (non-hydrogen) atoms. The molecule has 1 N–H and O–H groups in total. The lowest BCUT2D eigenvalue weighted by atomic mass is 9.94. The predicted molar refractivity (Wildman–Crippen MR) is 174 cm³/mol. The van der Waals surface area contributed by atoms with Gasteiger partial charge in [-0.25, -0.2) is 9.37 Å². The standard InChI is InChI=1S/C35H36ClFN6O2/c1-3-25-31-24-12-11-21(38-24)17-43(31)32-27-30(40-34(41-32)44-18-35-13-6-14-42(35)16-19(2)15-35)28(37)29(39-33(27)45-25)22-9-4-7-20-8-5-10-23(36)26(20)22/h4-5,7-10,21,24-25,31,38H,2-3,6,11-18H2,1H3. The van der Waals surface area contributed by atoms with Crippen LogP contribution < -0.4 is 19.7 Å². The van der Waals surface area contributed by atoms with Crippen molar-refractivity contribution >= 4 is 39.1 Å². The van der Waals surface area contributed by atoms with Crippen molar-refractivity contribution in [3.63, 3.8) is 0 Å². The molecule has 4 fully saturated rings. The van der Waals surface area contributed by atoms with E-state index in [0.29, 0.717) is 40.3 Å². The van der Waals surface area contributed by atoms with E-state index < -0.39 is 5.82 Å². The molecule has 4 aromatic rings. The number of fused-ring (bicyclic) bond motifs is 7. The Labute approximate surface area is 266 Å². The maximum atomic E-state index is 17.1. The van der Waals surface area contributed by atoms with E-state index in [4.69, 9.17) is 36.0 Å². The molecule has 4 saturated heterocycles. The van der Waals surface area contributed by atoms with Gasteiger partial charge in [-0.05, 0) is 56.5 Å². The average molecular weight is 627 g/mol. The van der Waals surface area contributed by atoms with Crippen LogP contribution in [-0.2, 0) is 0 Å². The highest BCUT2D eigenvalue weighted by molar-refractivity contribution is 6.36. The van der Waals surface area contributed by atoms with Gasteiger partial charge in [0.1, 0.15) is 35.1 Å². The van der Waals surface area contributed by atoms with Gasteiger partial charge >= 0.3 is 6.01 Å². The molecular formula is C35H36ClFN6O2. The first kappa shape index (κ1) is 27.8. The van der Waals surface area contributed by atoms with E-state index in [1.165, 1.54) is 5.57 Å². The van der Waals surface area contributed by atoms with Gasteiger partial charge in [-0.1, -0.05) is 61.0 Å². The number of benzene rings is 2. The summed E-state index contributed by atoms with van der Waals surface area (Å²) in [4.78, 5) is 19.6. The SMILES string of the molecule is C=C1CN2CCCC2(COc2nc3c4c(nc(-c5cccc6cccc(Cl)c56)c(F)c4n2)OC(CC)C2C4CCC(CN32)N4)C1. The number of nitrogens with one attached hydrogen (secondary N) is 1. The maximum Gasteiger partial charge on any atom is 0.319 e. The lowest BCUT2D eigenvalue weighted by molar-refractivity contribution is 0.108. The van der Waals surface area contributed by atoms with E-state index in [0.717, 1.165) is 68.9 Å². The Morgan fingerprint density at radius 3 is 2.89 bits per heavy atom. The Balaban J connectivity index is 1.25. The molecule has 5 aliphatic rings. The Morgan fingerprint density at radius 1 is 1.16 bits per heavy atom. The quantitative estimate of drug-likeness (QED) is 0.259. The highest BCUT2D eigenvalue weighted by Gasteiger charge is 2.49. The lowest BCUT2D eigenvalue weighted by Crippen LogP contribution is -2.63. The largest absolute Gasteiger partial charge is 0.472 e. The van der Waals surface area contributed by atoms with Crippen LogP contribution in [0.25, 0.3) is 32.9 Å². The third kappa shape index (κ3) is 4.20. The van der Waals surface area contributed by atoms with Crippen LogP contribution in [0.3, 0.4) is 0 Å². The first-order chi connectivity index (χ1) is 21.9. The Bertz CT molecular complexity index is 1880. The minimum absolute atomic E-state index is 0.0227. The summed E-state index contributed by atoms with van der Waals surface area (Å²) in [5.41, 5.74) is 2.04. The average Bonchev–Trinajstić information content (AvgIpc) is 3.68. The first-order valence-corrected chi connectivity index (χ1v) is 16.6. The molecule has 5 atom stereocenters. The number of hydrogen-bond acceptors (Lipinski definition) is 8. The molecule has 2 aromatic carbocycles. The number of hydrogen-bond donors (Lipinski definition) is 1. The van der Waals surface area contributed by atoms with E-state index in [1.807, 2.05) is 36.4 Å². The summed E-state index contributed by atoms with van der Waals surface area (Å²) in [6.45, 7) is 9.53. The summed E-state index contributed by atoms with van der Waals surface area (Å²) in [5, 5.41) is 6.49. The van der Waals surface area contributed by atoms with Crippen LogP contribution in [0.1, 0.15) is 45.4 Å². The molecule has 0 saturated carbocycles. The van der Waals surface area contributed by atoms with Gasteiger partial charge in [-0.2, -0.15) is 9.97 Å². The van der Waals surface area contributed by atoms with Crippen molar-refractivity contribution in [2.45, 2.75) is 75.2 Å². The summed E-state index contributed by atoms with van der Waals surface area (Å²) in [6, 6.07) is 12.2. The Kier molecular flexibility index (Phi) is 6.31. The van der Waals surface area contributed by atoms with Crippen LogP contribution in [0.5, 0.6) is 11.9 Å². The third-order valence-electron chi connectivity index (χ3n) is 10.8. The van der Waals surface area contributed by atoms with E-state index in [2.05, 4.69) is 28.6 Å². The van der Waals surface area contributed by atoms with Gasteiger partial charge in [0, 0.05) is 41.1 Å². The number of pyridine rings is 1. The fourth-order valence-corrected chi connectivity index (χ4v) is 9.13. The monoisotopic (exact) mass is 626 g/mol. The Hall–Kier alpha value is -3.53. The number of halogens is 2. The maximum absolute atomic E-state index is 17.1. The van der Waals surface area contributed by atoms with E-state index in [1.54, 1.807) is 0 Å². The third-order valence-corrected chi connectivity index (χ3v) is 11.1. The molecule has 10 heteroatoms. The molecular weight excluding hydrogens is 591 g/mol. The fourth-order valence-electron chi connectivity index (χ4n) is 8.84. The number of rotatable bonds is 5. The van der Waals surface area contributed by atoms with Gasteiger partial charge in [0.2, 0.25) is 5.88 Å². The van der Waals surface area contributed by atoms with Crippen molar-refractivity contribution in [2.75, 3.05) is 31.1 Å². The van der Waals surface area contributed by atoms with Crippen LogP contribution >= 0.6 is 11.6 Å². The van der Waals surface area contributed by atoms with Crippen molar-refractivity contribution in [1.82, 2.24) is 25.2 Å². The molecule has 0 spiro atoms. The van der Waals surface area contributed by atoms with Crippen molar-refractivity contribution < 1.29 is 13.9 Å². The van der Waals surface area contributed by atoms with Gasteiger partial charge in [0.05, 0.1) is 11.6 Å². The van der Waals surface area contributed by atoms with Crippen molar-refractivity contribution in [2.24, 2.45) is 0 Å². The van der Waals surface area contributed by atoms with Gasteiger partial charge in [-0.15, -0.1) is 0 Å². The van der Waals surface area contributed by atoms with Crippen LogP contribution in [0, 0.1) is 5.82 Å². The van der Waals surface area contributed by atoms with Crippen LogP contribution in [0.4, 0.5) is 10.2 Å². The molecule has 2 bridgehead atoms. The normalized spacial score (nSPS) is 28.8. The Morgan fingerprint density at radius 2 is 2.02 bits per heavy atom. The van der Waals surface area contributed by atoms with Crippen LogP contribution in [0.15, 0.2) is 48.6 Å². The molecule has 5 unspecified atom stereocenters. The summed E-state index contributed by atoms with van der Waals surface area (Å²) >= 11 is 6.72. The minimum atomic E-state index is -0.530. The summed E-state index contributed by atoms with van der Waals surface area (Å²) < 4.78 is 30.3. The molecule has 2 aromatic heterocycles. The van der Waals surface area contributed by atoms with Gasteiger partial charge in [0.25, 0.3) is 0 Å². The van der Waals surface area contributed by atoms with E-state index in [-0.39, 0.29) is 40.9 Å². The second-order valence-corrected chi connectivity index (χ2v) is 13.9. The van der Waals surface area contributed by atoms with Gasteiger partial charge in [0.15, 0.2) is 5.82 Å². The van der Waals surface area contributed by atoms with Crippen molar-refractivity contribution in [3.8, 4) is 23.1 Å². The highest BCUT2D eigenvalue weighted by atomic mass is 35.5. The summed E-state index contributed by atoms with van der Waals surface area (Å²) in [5.74, 6) is 0.476. The van der Waals surface area contributed by atoms with E-state index >= 15 is 4.39 Å². The smallest absolute Gasteiger partial charge is 0.319 e. The molecule has 5 aliphatic heterocycles. The second kappa shape index (κ2) is 10.2. The lowest BCUT2D eigenvalue weighted by Gasteiger charge is -2.43. The molecule has 0 aliphatic carbocycles. The zero-order valence-electron chi connectivity index (χ0n) is 25.4. The molecule has 0 amide bonds. The number of ether oxygens (including phenoxy) is 2. The van der Waals surface area contributed by atoms with E-state index in [9.17, 15) is 0 Å². The fraction of sp³-hybridized carbons (Fsp3) is 0.457. The van der Waals surface area contributed by atoms with Crippen LogP contribution in [-0.4, -0.2) is 75.9 Å². The molecule has 7 heterocycles. The number of piperazine rings is 1. The van der Waals surface area contributed by atoms with Crippen LogP contribution in [0.2, 0.25) is 5.02 Å². The second-order valence-electron chi connectivity index (χ2n) is 13.5.